The average Bonchev–Trinajstić information content (AvgIpc) is 2.99. The van der Waals surface area contributed by atoms with Gasteiger partial charge in [0.15, 0.2) is 0 Å². The highest BCUT2D eigenvalue weighted by Gasteiger charge is 2.08. The van der Waals surface area contributed by atoms with E-state index in [1.165, 1.54) is 5.56 Å². The fourth-order valence-electron chi connectivity index (χ4n) is 2.45. The number of benzene rings is 2. The summed E-state index contributed by atoms with van der Waals surface area (Å²) in [6.07, 6.45) is 3.64. The fourth-order valence-corrected chi connectivity index (χ4v) is 2.68. The van der Waals surface area contributed by atoms with E-state index in [0.29, 0.717) is 5.02 Å². The van der Waals surface area contributed by atoms with Crippen molar-refractivity contribution in [2.75, 3.05) is 5.32 Å². The summed E-state index contributed by atoms with van der Waals surface area (Å²) in [6.45, 7) is 4.12. The van der Waals surface area contributed by atoms with Crippen LogP contribution in [-0.4, -0.2) is 15.7 Å². The Balaban J connectivity index is 1.68. The fraction of sp³-hybridized carbons (Fsp3) is 0.158. The van der Waals surface area contributed by atoms with Crippen molar-refractivity contribution in [3.63, 3.8) is 0 Å². The standard InChI is InChI=1S/C19H18ClN3O/c1-13-3-5-15(6-4-13)16-10-21-23(11-16)12-19(24)22-18-8-7-17(20)9-14(18)2/h3-11H,12H2,1-2H3,(H,22,24). The van der Waals surface area contributed by atoms with E-state index in [9.17, 15) is 4.79 Å². The summed E-state index contributed by atoms with van der Waals surface area (Å²) in [4.78, 5) is 12.2. The first-order chi connectivity index (χ1) is 11.5. The molecule has 0 aliphatic carbocycles. The molecule has 0 fully saturated rings. The molecule has 0 aliphatic heterocycles. The van der Waals surface area contributed by atoms with Gasteiger partial charge in [-0.1, -0.05) is 41.4 Å². The van der Waals surface area contributed by atoms with Gasteiger partial charge < -0.3 is 5.32 Å². The molecule has 24 heavy (non-hydrogen) atoms. The third-order valence-electron chi connectivity index (χ3n) is 3.79. The second-order valence-electron chi connectivity index (χ2n) is 5.80. The van der Waals surface area contributed by atoms with Crippen LogP contribution >= 0.6 is 11.6 Å². The van der Waals surface area contributed by atoms with Crippen molar-refractivity contribution in [3.05, 3.63) is 71.0 Å². The van der Waals surface area contributed by atoms with Crippen LogP contribution in [0.2, 0.25) is 5.02 Å². The van der Waals surface area contributed by atoms with Gasteiger partial charge in [0.25, 0.3) is 0 Å². The zero-order valence-corrected chi connectivity index (χ0v) is 14.3. The first-order valence-electron chi connectivity index (χ1n) is 7.67. The third-order valence-corrected chi connectivity index (χ3v) is 4.02. The lowest BCUT2D eigenvalue weighted by molar-refractivity contribution is -0.116. The monoisotopic (exact) mass is 339 g/mol. The molecule has 2 aromatic carbocycles. The van der Waals surface area contributed by atoms with Crippen LogP contribution in [0, 0.1) is 13.8 Å². The van der Waals surface area contributed by atoms with E-state index in [2.05, 4.69) is 29.5 Å². The van der Waals surface area contributed by atoms with Crippen LogP contribution in [0.1, 0.15) is 11.1 Å². The Labute approximate surface area is 146 Å². The van der Waals surface area contributed by atoms with E-state index in [4.69, 9.17) is 11.6 Å². The Hall–Kier alpha value is -2.59. The maximum atomic E-state index is 12.2. The van der Waals surface area contributed by atoms with E-state index in [1.54, 1.807) is 23.0 Å². The van der Waals surface area contributed by atoms with Crippen molar-refractivity contribution in [1.29, 1.82) is 0 Å². The predicted octanol–water partition coefficient (Wildman–Crippen LogP) is 4.46. The predicted molar refractivity (Wildman–Crippen MR) is 97.2 cm³/mol. The number of hydrogen-bond acceptors (Lipinski definition) is 2. The molecule has 0 atom stereocenters. The SMILES string of the molecule is Cc1ccc(-c2cnn(CC(=O)Nc3ccc(Cl)cc3C)c2)cc1. The van der Waals surface area contributed by atoms with Gasteiger partial charge in [-0.2, -0.15) is 5.10 Å². The van der Waals surface area contributed by atoms with Crippen LogP contribution in [0.25, 0.3) is 11.1 Å². The molecule has 122 valence electrons. The number of anilines is 1. The third kappa shape index (κ3) is 3.84. The van der Waals surface area contributed by atoms with Crippen LogP contribution < -0.4 is 5.32 Å². The van der Waals surface area contributed by atoms with Crippen molar-refractivity contribution in [1.82, 2.24) is 9.78 Å². The van der Waals surface area contributed by atoms with Crippen LogP contribution in [-0.2, 0) is 11.3 Å². The molecule has 0 radical (unpaired) electrons. The van der Waals surface area contributed by atoms with Gasteiger partial charge in [-0.25, -0.2) is 0 Å². The number of aryl methyl sites for hydroxylation is 2. The molecule has 4 nitrogen and oxygen atoms in total. The minimum atomic E-state index is -0.126. The Kier molecular flexibility index (Phi) is 4.67. The van der Waals surface area contributed by atoms with Crippen LogP contribution in [0.5, 0.6) is 0 Å². The maximum absolute atomic E-state index is 12.2. The number of nitrogens with zero attached hydrogens (tertiary/aromatic N) is 2. The molecule has 0 unspecified atom stereocenters. The summed E-state index contributed by atoms with van der Waals surface area (Å²) >= 11 is 5.93. The van der Waals surface area contributed by atoms with E-state index >= 15 is 0 Å². The number of rotatable bonds is 4. The second-order valence-corrected chi connectivity index (χ2v) is 6.24. The van der Waals surface area contributed by atoms with Crippen molar-refractivity contribution >= 4 is 23.2 Å². The summed E-state index contributed by atoms with van der Waals surface area (Å²) in [5.74, 6) is -0.126. The molecule has 0 saturated carbocycles. The lowest BCUT2D eigenvalue weighted by Gasteiger charge is -2.08. The van der Waals surface area contributed by atoms with Gasteiger partial charge in [0, 0.05) is 22.5 Å². The minimum Gasteiger partial charge on any atom is -0.324 e. The smallest absolute Gasteiger partial charge is 0.246 e. The van der Waals surface area contributed by atoms with E-state index in [1.807, 2.05) is 31.3 Å². The number of aromatic nitrogens is 2. The van der Waals surface area contributed by atoms with Crippen molar-refractivity contribution in [3.8, 4) is 11.1 Å². The molecule has 0 aliphatic rings. The van der Waals surface area contributed by atoms with Gasteiger partial charge in [-0.15, -0.1) is 0 Å². The zero-order chi connectivity index (χ0) is 17.1. The largest absolute Gasteiger partial charge is 0.324 e. The topological polar surface area (TPSA) is 46.9 Å². The Morgan fingerprint density at radius 1 is 1.12 bits per heavy atom. The lowest BCUT2D eigenvalue weighted by Crippen LogP contribution is -2.19. The molecule has 0 bridgehead atoms. The summed E-state index contributed by atoms with van der Waals surface area (Å²) in [5.41, 5.74) is 4.97. The molecule has 0 saturated heterocycles. The van der Waals surface area contributed by atoms with Crippen molar-refractivity contribution < 1.29 is 4.79 Å². The van der Waals surface area contributed by atoms with Crippen LogP contribution in [0.4, 0.5) is 5.69 Å². The number of halogens is 1. The quantitative estimate of drug-likeness (QED) is 0.762. The number of hydrogen-bond donors (Lipinski definition) is 1. The maximum Gasteiger partial charge on any atom is 0.246 e. The molecule has 1 amide bonds. The van der Waals surface area contributed by atoms with E-state index in [0.717, 1.165) is 22.4 Å². The highest BCUT2D eigenvalue weighted by Crippen LogP contribution is 2.20. The number of nitrogens with one attached hydrogen (secondary N) is 1. The highest BCUT2D eigenvalue weighted by molar-refractivity contribution is 6.30. The van der Waals surface area contributed by atoms with Gasteiger partial charge in [0.05, 0.1) is 6.20 Å². The van der Waals surface area contributed by atoms with Gasteiger partial charge in [-0.05, 0) is 43.2 Å². The number of carbonyl (C=O) groups excluding carboxylic acids is 1. The first-order valence-corrected chi connectivity index (χ1v) is 8.04. The molecule has 0 spiro atoms. The number of amides is 1. The van der Waals surface area contributed by atoms with Crippen molar-refractivity contribution in [2.24, 2.45) is 0 Å². The molecule has 1 N–H and O–H groups in total. The Bertz CT molecular complexity index is 869. The van der Waals surface area contributed by atoms with E-state index in [-0.39, 0.29) is 12.5 Å². The molecule has 5 heteroatoms. The van der Waals surface area contributed by atoms with Gasteiger partial charge >= 0.3 is 0 Å². The first kappa shape index (κ1) is 16.3. The second kappa shape index (κ2) is 6.89. The summed E-state index contributed by atoms with van der Waals surface area (Å²) in [5, 5.41) is 7.80. The lowest BCUT2D eigenvalue weighted by atomic mass is 10.1. The van der Waals surface area contributed by atoms with Crippen LogP contribution in [0.3, 0.4) is 0 Å². The summed E-state index contributed by atoms with van der Waals surface area (Å²) in [6, 6.07) is 13.6. The normalized spacial score (nSPS) is 10.6. The minimum absolute atomic E-state index is 0.126. The van der Waals surface area contributed by atoms with Gasteiger partial charge in [-0.3, -0.25) is 9.48 Å². The van der Waals surface area contributed by atoms with Crippen LogP contribution in [0.15, 0.2) is 54.9 Å². The molecule has 1 heterocycles. The molecular weight excluding hydrogens is 322 g/mol. The number of carbonyl (C=O) groups is 1. The van der Waals surface area contributed by atoms with Crippen molar-refractivity contribution in [2.45, 2.75) is 20.4 Å². The molecule has 3 rings (SSSR count). The molecule has 1 aromatic heterocycles. The van der Waals surface area contributed by atoms with E-state index < -0.39 is 0 Å². The average molecular weight is 340 g/mol. The molecular formula is C19H18ClN3O. The molecule has 3 aromatic rings. The zero-order valence-electron chi connectivity index (χ0n) is 13.6. The summed E-state index contributed by atoms with van der Waals surface area (Å²) in [7, 11) is 0. The Morgan fingerprint density at radius 3 is 2.58 bits per heavy atom. The Morgan fingerprint density at radius 2 is 1.88 bits per heavy atom. The summed E-state index contributed by atoms with van der Waals surface area (Å²) < 4.78 is 1.63. The highest BCUT2D eigenvalue weighted by atomic mass is 35.5. The van der Waals surface area contributed by atoms with Gasteiger partial charge in [0.2, 0.25) is 5.91 Å². The van der Waals surface area contributed by atoms with Gasteiger partial charge in [0.1, 0.15) is 6.54 Å².